The van der Waals surface area contributed by atoms with Crippen molar-refractivity contribution in [3.8, 4) is 11.1 Å². The van der Waals surface area contributed by atoms with Crippen LogP contribution in [0.4, 0.5) is 29.6 Å². The van der Waals surface area contributed by atoms with Crippen molar-refractivity contribution in [2.75, 3.05) is 18.4 Å². The minimum Gasteiger partial charge on any atom is -0.444 e. The lowest BCUT2D eigenvalue weighted by Gasteiger charge is -2.33. The van der Waals surface area contributed by atoms with Gasteiger partial charge in [0.25, 0.3) is 0 Å². The molecule has 0 radical (unpaired) electrons. The average molecular weight is 503 g/mol. The van der Waals surface area contributed by atoms with Crippen LogP contribution in [0.15, 0.2) is 42.9 Å². The van der Waals surface area contributed by atoms with E-state index in [-0.39, 0.29) is 18.1 Å². The Labute approximate surface area is 207 Å². The summed E-state index contributed by atoms with van der Waals surface area (Å²) in [6.07, 6.45) is 1.46. The third-order valence-corrected chi connectivity index (χ3v) is 5.70. The molecule has 1 N–H and O–H groups in total. The van der Waals surface area contributed by atoms with Crippen LogP contribution in [0.3, 0.4) is 0 Å². The minimum atomic E-state index is -4.55. The molecule has 0 aliphatic carbocycles. The second kappa shape index (κ2) is 9.79. The number of benzene rings is 1. The van der Waals surface area contributed by atoms with Crippen molar-refractivity contribution in [3.05, 3.63) is 54.1 Å². The molecule has 3 aromatic rings. The molecule has 8 nitrogen and oxygen atoms in total. The van der Waals surface area contributed by atoms with Gasteiger partial charge in [-0.15, -0.1) is 0 Å². The number of hydrogen-bond acceptors (Lipinski definition) is 6. The van der Waals surface area contributed by atoms with Gasteiger partial charge in [0.1, 0.15) is 11.3 Å². The lowest BCUT2D eigenvalue weighted by molar-refractivity contribution is -0.141. The highest BCUT2D eigenvalue weighted by molar-refractivity contribution is 5.70. The summed E-state index contributed by atoms with van der Waals surface area (Å²) in [6, 6.07) is 6.59. The number of ether oxygens (including phenoxy) is 1. The summed E-state index contributed by atoms with van der Waals surface area (Å²) in [7, 11) is 0. The van der Waals surface area contributed by atoms with Crippen molar-refractivity contribution in [2.24, 2.45) is 0 Å². The van der Waals surface area contributed by atoms with Gasteiger partial charge in [-0.1, -0.05) is 6.07 Å². The predicted molar refractivity (Wildman–Crippen MR) is 129 cm³/mol. The molecule has 4 rings (SSSR count). The summed E-state index contributed by atoms with van der Waals surface area (Å²) >= 11 is 0. The Morgan fingerprint density at radius 1 is 1.11 bits per heavy atom. The number of likely N-dealkylation sites (tertiary alicyclic amines) is 1. The van der Waals surface area contributed by atoms with Crippen molar-refractivity contribution in [1.29, 1.82) is 0 Å². The number of aryl methyl sites for hydroxylation is 1. The smallest absolute Gasteiger partial charge is 0.433 e. The molecule has 0 unspecified atom stereocenters. The predicted octanol–water partition coefficient (Wildman–Crippen LogP) is 5.98. The summed E-state index contributed by atoms with van der Waals surface area (Å²) < 4.78 is 46.3. The Bertz CT molecular complexity index is 1230. The van der Waals surface area contributed by atoms with Gasteiger partial charge in [-0.05, 0) is 69.9 Å². The van der Waals surface area contributed by atoms with Crippen molar-refractivity contribution in [2.45, 2.75) is 58.4 Å². The number of carbonyl (C=O) groups excluding carboxylic acids is 1. The van der Waals surface area contributed by atoms with Crippen molar-refractivity contribution in [1.82, 2.24) is 24.6 Å². The molecular weight excluding hydrogens is 473 g/mol. The highest BCUT2D eigenvalue weighted by Gasteiger charge is 2.33. The monoisotopic (exact) mass is 502 g/mol. The third kappa shape index (κ3) is 6.32. The van der Waals surface area contributed by atoms with Gasteiger partial charge in [0.2, 0.25) is 5.95 Å². The van der Waals surface area contributed by atoms with Crippen molar-refractivity contribution >= 4 is 17.7 Å². The summed E-state index contributed by atoms with van der Waals surface area (Å²) in [5, 5.41) is 7.41. The Morgan fingerprint density at radius 2 is 1.83 bits per heavy atom. The molecule has 1 aliphatic rings. The first kappa shape index (κ1) is 25.5. The van der Waals surface area contributed by atoms with Gasteiger partial charge in [0.15, 0.2) is 0 Å². The summed E-state index contributed by atoms with van der Waals surface area (Å²) in [6.45, 7) is 8.62. The van der Waals surface area contributed by atoms with Crippen LogP contribution in [0.2, 0.25) is 0 Å². The maximum Gasteiger partial charge on any atom is 0.433 e. The van der Waals surface area contributed by atoms with Gasteiger partial charge < -0.3 is 15.0 Å². The first-order valence-corrected chi connectivity index (χ1v) is 11.7. The number of carbonyl (C=O) groups is 1. The Balaban J connectivity index is 1.45. The second-order valence-corrected chi connectivity index (χ2v) is 9.88. The number of hydrogen-bond donors (Lipinski definition) is 1. The maximum atomic E-state index is 13.0. The maximum absolute atomic E-state index is 13.0. The van der Waals surface area contributed by atoms with Crippen LogP contribution >= 0.6 is 0 Å². The highest BCUT2D eigenvalue weighted by atomic mass is 19.4. The largest absolute Gasteiger partial charge is 0.444 e. The van der Waals surface area contributed by atoms with E-state index in [0.29, 0.717) is 18.8 Å². The zero-order chi connectivity index (χ0) is 26.1. The minimum absolute atomic E-state index is 0.131. The van der Waals surface area contributed by atoms with Gasteiger partial charge in [0.05, 0.1) is 12.2 Å². The molecule has 1 aliphatic heterocycles. The molecule has 1 aromatic carbocycles. The quantitative estimate of drug-likeness (QED) is 0.472. The molecular formula is C25H29F3N6O2. The van der Waals surface area contributed by atoms with E-state index in [1.165, 1.54) is 0 Å². The summed E-state index contributed by atoms with van der Waals surface area (Å²) in [4.78, 5) is 21.5. The molecule has 0 spiro atoms. The fourth-order valence-electron chi connectivity index (χ4n) is 4.05. The molecule has 192 valence electrons. The number of nitrogens with one attached hydrogen (secondary N) is 1. The Hall–Kier alpha value is -3.63. The van der Waals surface area contributed by atoms with Crippen LogP contribution in [-0.4, -0.2) is 49.4 Å². The normalized spacial score (nSPS) is 15.1. The summed E-state index contributed by atoms with van der Waals surface area (Å²) in [5.74, 6) is -0.131. The van der Waals surface area contributed by atoms with Gasteiger partial charge >= 0.3 is 12.3 Å². The molecule has 2 aromatic heterocycles. The zero-order valence-electron chi connectivity index (χ0n) is 20.6. The van der Waals surface area contributed by atoms with Crippen LogP contribution < -0.4 is 5.32 Å². The number of halogens is 3. The number of nitrogens with zero attached hydrogens (tertiary/aromatic N) is 5. The number of rotatable bonds is 4. The van der Waals surface area contributed by atoms with Gasteiger partial charge in [-0.3, -0.25) is 4.68 Å². The van der Waals surface area contributed by atoms with E-state index in [2.05, 4.69) is 20.4 Å². The van der Waals surface area contributed by atoms with E-state index < -0.39 is 17.5 Å². The summed E-state index contributed by atoms with van der Waals surface area (Å²) in [5.41, 5.74) is 1.69. The number of amides is 1. The van der Waals surface area contributed by atoms with Crippen LogP contribution in [0, 0.1) is 6.92 Å². The zero-order valence-corrected chi connectivity index (χ0v) is 20.6. The molecule has 1 fully saturated rings. The second-order valence-electron chi connectivity index (χ2n) is 9.88. The Kier molecular flexibility index (Phi) is 6.92. The van der Waals surface area contributed by atoms with Crippen molar-refractivity contribution < 1.29 is 22.7 Å². The van der Waals surface area contributed by atoms with Crippen LogP contribution in [0.5, 0.6) is 0 Å². The molecule has 36 heavy (non-hydrogen) atoms. The number of piperidine rings is 1. The number of anilines is 2. The van der Waals surface area contributed by atoms with E-state index >= 15 is 0 Å². The molecule has 1 amide bonds. The molecule has 3 heterocycles. The molecule has 0 atom stereocenters. The lowest BCUT2D eigenvalue weighted by Crippen LogP contribution is -2.42. The SMILES string of the molecule is Cc1cc(Nc2nccc(C(F)(F)F)n2)cc(-c2cnn(C3CCN(C(=O)OC(C)(C)C)CC3)c2)c1. The standard InChI is InChI=1S/C25H29F3N6O2/c1-16-11-17(13-19(12-16)31-22-29-8-5-21(32-22)25(26,27)28)18-14-30-34(15-18)20-6-9-33(10-7-20)23(35)36-24(2,3)4/h5,8,11-15,20H,6-7,9-10H2,1-4H3,(H,29,31,32). The highest BCUT2D eigenvalue weighted by Crippen LogP contribution is 2.30. The van der Waals surface area contributed by atoms with Crippen LogP contribution in [-0.2, 0) is 10.9 Å². The number of aromatic nitrogens is 4. The average Bonchev–Trinajstić information content (AvgIpc) is 3.28. The van der Waals surface area contributed by atoms with E-state index in [1.54, 1.807) is 11.1 Å². The topological polar surface area (TPSA) is 85.2 Å². The fourth-order valence-corrected chi connectivity index (χ4v) is 4.05. The van der Waals surface area contributed by atoms with Gasteiger partial charge in [0, 0.05) is 36.7 Å². The van der Waals surface area contributed by atoms with Crippen molar-refractivity contribution in [3.63, 3.8) is 0 Å². The van der Waals surface area contributed by atoms with E-state index in [1.807, 2.05) is 56.8 Å². The first-order chi connectivity index (χ1) is 16.9. The van der Waals surface area contributed by atoms with Gasteiger partial charge in [-0.25, -0.2) is 14.8 Å². The molecule has 1 saturated heterocycles. The lowest BCUT2D eigenvalue weighted by atomic mass is 10.0. The van der Waals surface area contributed by atoms with E-state index in [0.717, 1.165) is 41.8 Å². The van der Waals surface area contributed by atoms with E-state index in [4.69, 9.17) is 4.74 Å². The van der Waals surface area contributed by atoms with Gasteiger partial charge in [-0.2, -0.15) is 18.3 Å². The van der Waals surface area contributed by atoms with E-state index in [9.17, 15) is 18.0 Å². The van der Waals surface area contributed by atoms with Crippen LogP contribution in [0.1, 0.15) is 50.9 Å². The third-order valence-electron chi connectivity index (χ3n) is 5.70. The first-order valence-electron chi connectivity index (χ1n) is 11.7. The fraction of sp³-hybridized carbons (Fsp3) is 0.440. The Morgan fingerprint density at radius 3 is 2.50 bits per heavy atom. The molecule has 0 bridgehead atoms. The molecule has 11 heteroatoms. The molecule has 0 saturated carbocycles. The van der Waals surface area contributed by atoms with Crippen LogP contribution in [0.25, 0.3) is 11.1 Å². The number of alkyl halides is 3.